The summed E-state index contributed by atoms with van der Waals surface area (Å²) < 4.78 is 0. The number of nitrogens with two attached hydrogens (primary N) is 1. The highest BCUT2D eigenvalue weighted by Crippen LogP contribution is 2.25. The number of hydrogen-bond acceptors (Lipinski definition) is 5. The number of carbonyl (C=O) groups excluding carboxylic acids is 1. The van der Waals surface area contributed by atoms with E-state index >= 15 is 0 Å². The van der Waals surface area contributed by atoms with Crippen molar-refractivity contribution < 1.29 is 9.72 Å². The van der Waals surface area contributed by atoms with Gasteiger partial charge in [0.2, 0.25) is 5.91 Å². The molecule has 0 aromatic heterocycles. The fourth-order valence-corrected chi connectivity index (χ4v) is 1.75. The largest absolute Gasteiger partial charge is 0.378 e. The molecular weight excluding hydrogens is 248 g/mol. The zero-order chi connectivity index (χ0) is 13.8. The molecule has 4 N–H and O–H groups in total. The molecule has 7 heteroatoms. The zero-order valence-electron chi connectivity index (χ0n) is 10.4. The van der Waals surface area contributed by atoms with Crippen molar-refractivity contribution in [1.29, 1.82) is 0 Å². The molecule has 102 valence electrons. The average Bonchev–Trinajstić information content (AvgIpc) is 3.18. The summed E-state index contributed by atoms with van der Waals surface area (Å²) >= 11 is 0. The maximum Gasteiger partial charge on any atom is 0.292 e. The maximum absolute atomic E-state index is 11.1. The molecule has 1 amide bonds. The Balaban J connectivity index is 2.03. The second-order valence-electron chi connectivity index (χ2n) is 4.51. The Morgan fingerprint density at radius 2 is 2.16 bits per heavy atom. The van der Waals surface area contributed by atoms with Gasteiger partial charge in [0.05, 0.1) is 4.92 Å². The number of anilines is 1. The summed E-state index contributed by atoms with van der Waals surface area (Å²) in [4.78, 5) is 21.5. The van der Waals surface area contributed by atoms with Crippen LogP contribution >= 0.6 is 0 Å². The van der Waals surface area contributed by atoms with Gasteiger partial charge < -0.3 is 16.4 Å². The number of nitrogens with zero attached hydrogens (tertiary/aromatic N) is 1. The molecular formula is C12H16N4O3. The van der Waals surface area contributed by atoms with Gasteiger partial charge in [-0.3, -0.25) is 14.9 Å². The molecule has 0 heterocycles. The Morgan fingerprint density at radius 3 is 2.74 bits per heavy atom. The van der Waals surface area contributed by atoms with Gasteiger partial charge in [0.25, 0.3) is 5.69 Å². The fraction of sp³-hybridized carbons (Fsp3) is 0.417. The second kappa shape index (κ2) is 5.66. The van der Waals surface area contributed by atoms with E-state index in [1.165, 1.54) is 31.0 Å². The van der Waals surface area contributed by atoms with Crippen molar-refractivity contribution in [3.8, 4) is 0 Å². The molecule has 2 rings (SSSR count). The molecule has 0 saturated heterocycles. The van der Waals surface area contributed by atoms with Crippen LogP contribution in [0, 0.1) is 10.1 Å². The van der Waals surface area contributed by atoms with Gasteiger partial charge >= 0.3 is 0 Å². The summed E-state index contributed by atoms with van der Waals surface area (Å²) in [5, 5.41) is 17.1. The van der Waals surface area contributed by atoms with Gasteiger partial charge in [0.15, 0.2) is 0 Å². The number of primary amides is 1. The number of nitrogens with one attached hydrogen (secondary N) is 2. The van der Waals surface area contributed by atoms with E-state index < -0.39 is 10.8 Å². The Bertz CT molecular complexity index is 500. The monoisotopic (exact) mass is 264 g/mol. The highest BCUT2D eigenvalue weighted by molar-refractivity contribution is 5.94. The lowest BCUT2D eigenvalue weighted by molar-refractivity contribution is -0.384. The SMILES string of the molecule is NC(=O)c1ccc([N+](=O)[O-])c(NCCNC2CC2)c1. The van der Waals surface area contributed by atoms with Crippen molar-refractivity contribution in [2.45, 2.75) is 18.9 Å². The first-order chi connectivity index (χ1) is 9.08. The molecule has 0 spiro atoms. The first-order valence-electron chi connectivity index (χ1n) is 6.13. The average molecular weight is 264 g/mol. The highest BCUT2D eigenvalue weighted by atomic mass is 16.6. The lowest BCUT2D eigenvalue weighted by Gasteiger charge is -2.08. The van der Waals surface area contributed by atoms with Crippen molar-refractivity contribution >= 4 is 17.3 Å². The van der Waals surface area contributed by atoms with Gasteiger partial charge in [-0.2, -0.15) is 0 Å². The fourth-order valence-electron chi connectivity index (χ4n) is 1.75. The third-order valence-corrected chi connectivity index (χ3v) is 2.93. The molecule has 1 aromatic rings. The Morgan fingerprint density at radius 1 is 1.42 bits per heavy atom. The van der Waals surface area contributed by atoms with Gasteiger partial charge in [0.1, 0.15) is 5.69 Å². The number of nitro groups is 1. The third-order valence-electron chi connectivity index (χ3n) is 2.93. The molecule has 0 aliphatic heterocycles. The van der Waals surface area contributed by atoms with E-state index in [9.17, 15) is 14.9 Å². The summed E-state index contributed by atoms with van der Waals surface area (Å²) in [7, 11) is 0. The number of rotatable bonds is 7. The molecule has 0 unspecified atom stereocenters. The molecule has 1 aliphatic rings. The number of carbonyl (C=O) groups is 1. The summed E-state index contributed by atoms with van der Waals surface area (Å²) in [6.45, 7) is 1.28. The van der Waals surface area contributed by atoms with Gasteiger partial charge in [-0.25, -0.2) is 0 Å². The zero-order valence-corrected chi connectivity index (χ0v) is 10.4. The molecule has 0 radical (unpaired) electrons. The first-order valence-corrected chi connectivity index (χ1v) is 6.13. The van der Waals surface area contributed by atoms with Gasteiger partial charge in [0, 0.05) is 30.8 Å². The van der Waals surface area contributed by atoms with Crippen LogP contribution in [0.15, 0.2) is 18.2 Å². The van der Waals surface area contributed by atoms with Crippen molar-refractivity contribution in [2.75, 3.05) is 18.4 Å². The second-order valence-corrected chi connectivity index (χ2v) is 4.51. The number of amides is 1. The molecule has 1 fully saturated rings. The normalized spacial score (nSPS) is 14.1. The molecule has 0 bridgehead atoms. The standard InChI is InChI=1S/C12H16N4O3/c13-12(17)8-1-4-11(16(18)19)10(7-8)15-6-5-14-9-2-3-9/h1,4,7,9,14-15H,2-3,5-6H2,(H2,13,17). The third kappa shape index (κ3) is 3.65. The Labute approximate surface area is 110 Å². The highest BCUT2D eigenvalue weighted by Gasteiger charge is 2.20. The molecule has 19 heavy (non-hydrogen) atoms. The summed E-state index contributed by atoms with van der Waals surface area (Å²) in [5.41, 5.74) is 5.68. The van der Waals surface area contributed by atoms with Crippen LogP contribution in [0.25, 0.3) is 0 Å². The van der Waals surface area contributed by atoms with Crippen LogP contribution in [0.4, 0.5) is 11.4 Å². The maximum atomic E-state index is 11.1. The molecule has 7 nitrogen and oxygen atoms in total. The summed E-state index contributed by atoms with van der Waals surface area (Å²) in [6, 6.07) is 4.65. The van der Waals surface area contributed by atoms with E-state index in [0.717, 1.165) is 6.54 Å². The van der Waals surface area contributed by atoms with Crippen LogP contribution < -0.4 is 16.4 Å². The first kappa shape index (κ1) is 13.3. The molecule has 0 atom stereocenters. The van der Waals surface area contributed by atoms with E-state index in [-0.39, 0.29) is 11.3 Å². The van der Waals surface area contributed by atoms with Crippen molar-refractivity contribution in [2.24, 2.45) is 5.73 Å². The van der Waals surface area contributed by atoms with Crippen LogP contribution in [0.5, 0.6) is 0 Å². The summed E-state index contributed by atoms with van der Waals surface area (Å²) in [6.07, 6.45) is 2.38. The van der Waals surface area contributed by atoms with Crippen LogP contribution in [0.3, 0.4) is 0 Å². The Kier molecular flexibility index (Phi) is 3.96. The van der Waals surface area contributed by atoms with Crippen LogP contribution in [0.1, 0.15) is 23.2 Å². The van der Waals surface area contributed by atoms with Gasteiger partial charge in [-0.15, -0.1) is 0 Å². The van der Waals surface area contributed by atoms with Gasteiger partial charge in [-0.05, 0) is 25.0 Å². The molecule has 1 aliphatic carbocycles. The predicted octanol–water partition coefficient (Wildman–Crippen LogP) is 0.858. The molecule has 1 aromatic carbocycles. The van der Waals surface area contributed by atoms with Crippen LogP contribution in [0.2, 0.25) is 0 Å². The van der Waals surface area contributed by atoms with Gasteiger partial charge in [-0.1, -0.05) is 0 Å². The van der Waals surface area contributed by atoms with Crippen LogP contribution in [-0.2, 0) is 0 Å². The molecule has 1 saturated carbocycles. The minimum atomic E-state index is -0.603. The van der Waals surface area contributed by atoms with Crippen LogP contribution in [-0.4, -0.2) is 30.0 Å². The van der Waals surface area contributed by atoms with Crippen molar-refractivity contribution in [1.82, 2.24) is 5.32 Å². The van der Waals surface area contributed by atoms with E-state index in [1.54, 1.807) is 0 Å². The Hall–Kier alpha value is -2.15. The summed E-state index contributed by atoms with van der Waals surface area (Å²) in [5.74, 6) is -0.603. The number of benzene rings is 1. The number of nitro benzene ring substituents is 1. The van der Waals surface area contributed by atoms with Crippen molar-refractivity contribution in [3.05, 3.63) is 33.9 Å². The smallest absolute Gasteiger partial charge is 0.292 e. The van der Waals surface area contributed by atoms with E-state index in [0.29, 0.717) is 18.3 Å². The van der Waals surface area contributed by atoms with Crippen molar-refractivity contribution in [3.63, 3.8) is 0 Å². The van der Waals surface area contributed by atoms with E-state index in [4.69, 9.17) is 5.73 Å². The minimum absolute atomic E-state index is 0.0589. The quantitative estimate of drug-likeness (QED) is 0.384. The minimum Gasteiger partial charge on any atom is -0.378 e. The number of hydrogen-bond donors (Lipinski definition) is 3. The lowest BCUT2D eigenvalue weighted by Crippen LogP contribution is -2.24. The van der Waals surface area contributed by atoms with E-state index in [2.05, 4.69) is 10.6 Å². The van der Waals surface area contributed by atoms with E-state index in [1.807, 2.05) is 0 Å². The lowest BCUT2D eigenvalue weighted by atomic mass is 10.1. The predicted molar refractivity (Wildman–Crippen MR) is 71.1 cm³/mol. The topological polar surface area (TPSA) is 110 Å².